The Kier molecular flexibility index (Phi) is 6.83. The molecule has 0 amide bonds. The Morgan fingerprint density at radius 2 is 1.97 bits per heavy atom. The Morgan fingerprint density at radius 3 is 2.72 bits per heavy atom. The van der Waals surface area contributed by atoms with E-state index in [4.69, 9.17) is 26.2 Å². The number of anilines is 1. The molecule has 3 saturated heterocycles. The summed E-state index contributed by atoms with van der Waals surface area (Å²) in [6.45, 7) is 12.4. The average molecular weight is 554 g/mol. The van der Waals surface area contributed by atoms with Gasteiger partial charge >= 0.3 is 0 Å². The number of H-pyrrole nitrogens is 1. The van der Waals surface area contributed by atoms with Gasteiger partial charge in [0.2, 0.25) is 0 Å². The summed E-state index contributed by atoms with van der Waals surface area (Å²) >= 11 is 7.15. The second-order valence-electron chi connectivity index (χ2n) is 12.0. The third kappa shape index (κ3) is 4.47. The van der Waals surface area contributed by atoms with Gasteiger partial charge in [0.1, 0.15) is 0 Å². The van der Waals surface area contributed by atoms with Gasteiger partial charge in [0.05, 0.1) is 54.2 Å². The SMILES string of the molecule is Cc1cc2[nH]ncc2c(-c2c(N3CCN(C[C@@H]4COCCO4)CC34CCC4)nn(C3CCNCC3)c2C)c1Cl. The number of ether oxygens (including phenoxy) is 2. The van der Waals surface area contributed by atoms with E-state index >= 15 is 0 Å². The molecule has 4 aliphatic rings. The van der Waals surface area contributed by atoms with E-state index in [0.29, 0.717) is 25.9 Å². The summed E-state index contributed by atoms with van der Waals surface area (Å²) in [6.07, 6.45) is 7.90. The van der Waals surface area contributed by atoms with Gasteiger partial charge in [-0.05, 0) is 70.7 Å². The molecule has 3 aliphatic heterocycles. The molecule has 0 bridgehead atoms. The Morgan fingerprint density at radius 1 is 1.13 bits per heavy atom. The van der Waals surface area contributed by atoms with E-state index in [1.165, 1.54) is 30.5 Å². The lowest BCUT2D eigenvalue weighted by Gasteiger charge is -2.56. The molecule has 7 rings (SSSR count). The average Bonchev–Trinajstić information content (AvgIpc) is 3.54. The van der Waals surface area contributed by atoms with Crippen LogP contribution in [-0.2, 0) is 9.47 Å². The monoisotopic (exact) mass is 553 g/mol. The lowest BCUT2D eigenvalue weighted by molar-refractivity contribution is -0.101. The fourth-order valence-corrected chi connectivity index (χ4v) is 7.58. The van der Waals surface area contributed by atoms with E-state index in [1.807, 2.05) is 6.20 Å². The summed E-state index contributed by atoms with van der Waals surface area (Å²) in [5.74, 6) is 1.10. The first-order valence-electron chi connectivity index (χ1n) is 14.7. The molecule has 1 saturated carbocycles. The van der Waals surface area contributed by atoms with Gasteiger partial charge in [-0.2, -0.15) is 10.2 Å². The van der Waals surface area contributed by atoms with Crippen LogP contribution < -0.4 is 10.2 Å². The van der Waals surface area contributed by atoms with Gasteiger partial charge in [-0.1, -0.05) is 11.6 Å². The fourth-order valence-electron chi connectivity index (χ4n) is 7.33. The highest BCUT2D eigenvalue weighted by molar-refractivity contribution is 6.36. The summed E-state index contributed by atoms with van der Waals surface area (Å²) in [5, 5.41) is 18.4. The predicted molar refractivity (Wildman–Crippen MR) is 154 cm³/mol. The van der Waals surface area contributed by atoms with Crippen molar-refractivity contribution in [2.75, 3.05) is 64.0 Å². The first-order chi connectivity index (χ1) is 19.0. The van der Waals surface area contributed by atoms with Crippen LogP contribution in [0.5, 0.6) is 0 Å². The largest absolute Gasteiger partial charge is 0.376 e. The summed E-state index contributed by atoms with van der Waals surface area (Å²) in [5.41, 5.74) is 5.62. The molecule has 0 radical (unpaired) electrons. The lowest BCUT2D eigenvalue weighted by Crippen LogP contribution is -2.67. The smallest absolute Gasteiger partial charge is 0.159 e. The van der Waals surface area contributed by atoms with Crippen LogP contribution in [0.2, 0.25) is 5.02 Å². The van der Waals surface area contributed by atoms with Crippen LogP contribution in [0.15, 0.2) is 12.3 Å². The van der Waals surface area contributed by atoms with Gasteiger partial charge in [0, 0.05) is 48.4 Å². The molecule has 39 heavy (non-hydrogen) atoms. The Labute approximate surface area is 235 Å². The topological polar surface area (TPSA) is 83.5 Å². The molecule has 0 unspecified atom stereocenters. The standard InChI is InChI=1S/C29H40ClN7O2/c1-19-14-24-23(15-32-33-24)26(27(19)30)25-20(2)37(21-4-8-31-9-5-21)34-28(25)36-11-10-35(18-29(36)6-3-7-29)16-22-17-38-12-13-39-22/h14-15,21-22,31H,3-13,16-18H2,1-2H3,(H,32,33)/t22-/m1/s1. The molecule has 2 aromatic heterocycles. The second kappa shape index (κ2) is 10.3. The molecule has 9 nitrogen and oxygen atoms in total. The molecule has 1 atom stereocenters. The molecule has 5 heterocycles. The van der Waals surface area contributed by atoms with E-state index in [1.54, 1.807) is 0 Å². The minimum Gasteiger partial charge on any atom is -0.376 e. The van der Waals surface area contributed by atoms with Gasteiger partial charge in [-0.15, -0.1) is 0 Å². The zero-order valence-corrected chi connectivity index (χ0v) is 23.9. The molecule has 1 spiro atoms. The third-order valence-electron chi connectivity index (χ3n) is 9.52. The van der Waals surface area contributed by atoms with Crippen molar-refractivity contribution in [3.05, 3.63) is 28.5 Å². The van der Waals surface area contributed by atoms with Crippen LogP contribution in [-0.4, -0.2) is 95.6 Å². The summed E-state index contributed by atoms with van der Waals surface area (Å²) in [6, 6.07) is 2.49. The van der Waals surface area contributed by atoms with Crippen molar-refractivity contribution < 1.29 is 9.47 Å². The number of aromatic amines is 1. The highest BCUT2D eigenvalue weighted by Gasteiger charge is 2.48. The minimum atomic E-state index is 0.0913. The van der Waals surface area contributed by atoms with Crippen LogP contribution in [0.25, 0.3) is 22.0 Å². The van der Waals surface area contributed by atoms with Crippen molar-refractivity contribution in [2.45, 2.75) is 63.6 Å². The lowest BCUT2D eigenvalue weighted by atomic mass is 9.73. The number of hydrogen-bond acceptors (Lipinski definition) is 7. The zero-order valence-electron chi connectivity index (χ0n) is 23.1. The van der Waals surface area contributed by atoms with E-state index in [9.17, 15) is 0 Å². The van der Waals surface area contributed by atoms with Crippen molar-refractivity contribution >= 4 is 28.3 Å². The molecule has 3 aromatic rings. The molecular weight excluding hydrogens is 514 g/mol. The van der Waals surface area contributed by atoms with Crippen molar-refractivity contribution in [3.63, 3.8) is 0 Å². The molecule has 2 N–H and O–H groups in total. The maximum atomic E-state index is 7.15. The number of fused-ring (bicyclic) bond motifs is 1. The van der Waals surface area contributed by atoms with Crippen molar-refractivity contribution in [2.24, 2.45) is 0 Å². The number of nitrogens with one attached hydrogen (secondary N) is 2. The van der Waals surface area contributed by atoms with Crippen LogP contribution in [0.1, 0.15) is 49.4 Å². The number of hydrogen-bond donors (Lipinski definition) is 2. The number of benzene rings is 1. The van der Waals surface area contributed by atoms with Gasteiger partial charge in [-0.25, -0.2) is 0 Å². The van der Waals surface area contributed by atoms with Crippen LogP contribution in [0.4, 0.5) is 5.82 Å². The first-order valence-corrected chi connectivity index (χ1v) is 15.0. The molecule has 210 valence electrons. The van der Waals surface area contributed by atoms with Crippen molar-refractivity contribution in [1.29, 1.82) is 0 Å². The van der Waals surface area contributed by atoms with Gasteiger partial charge in [0.15, 0.2) is 5.82 Å². The Balaban J connectivity index is 1.31. The van der Waals surface area contributed by atoms with Crippen LogP contribution >= 0.6 is 11.6 Å². The quantitative estimate of drug-likeness (QED) is 0.492. The number of aromatic nitrogens is 4. The van der Waals surface area contributed by atoms with Gasteiger partial charge < -0.3 is 19.7 Å². The number of aryl methyl sites for hydroxylation is 1. The summed E-state index contributed by atoms with van der Waals surface area (Å²) in [4.78, 5) is 5.25. The van der Waals surface area contributed by atoms with E-state index in [0.717, 1.165) is 85.0 Å². The highest BCUT2D eigenvalue weighted by atomic mass is 35.5. The molecule has 1 aromatic carbocycles. The maximum absolute atomic E-state index is 7.15. The van der Waals surface area contributed by atoms with Crippen LogP contribution in [0, 0.1) is 13.8 Å². The maximum Gasteiger partial charge on any atom is 0.159 e. The number of rotatable bonds is 5. The Hall–Kier alpha value is -2.17. The van der Waals surface area contributed by atoms with Crippen molar-refractivity contribution in [3.8, 4) is 11.1 Å². The van der Waals surface area contributed by atoms with Gasteiger partial charge in [0.25, 0.3) is 0 Å². The number of halogens is 1. The van der Waals surface area contributed by atoms with Crippen LogP contribution in [0.3, 0.4) is 0 Å². The van der Waals surface area contributed by atoms with E-state index in [2.05, 4.69) is 49.9 Å². The highest BCUT2D eigenvalue weighted by Crippen LogP contribution is 2.49. The zero-order chi connectivity index (χ0) is 26.6. The molecule has 1 aliphatic carbocycles. The molecule has 10 heteroatoms. The Bertz CT molecular complexity index is 1340. The van der Waals surface area contributed by atoms with Gasteiger partial charge in [-0.3, -0.25) is 14.7 Å². The van der Waals surface area contributed by atoms with E-state index < -0.39 is 0 Å². The van der Waals surface area contributed by atoms with Crippen molar-refractivity contribution in [1.82, 2.24) is 30.2 Å². The molecular formula is C29H40ClN7O2. The number of nitrogens with zero attached hydrogens (tertiary/aromatic N) is 5. The summed E-state index contributed by atoms with van der Waals surface area (Å²) in [7, 11) is 0. The second-order valence-corrected chi connectivity index (χ2v) is 12.3. The minimum absolute atomic E-state index is 0.0913. The first kappa shape index (κ1) is 25.8. The molecule has 4 fully saturated rings. The summed E-state index contributed by atoms with van der Waals surface area (Å²) < 4.78 is 14.0. The number of piperazine rings is 1. The number of piperidine rings is 1. The third-order valence-corrected chi connectivity index (χ3v) is 10.0. The fraction of sp³-hybridized carbons (Fsp3) is 0.655. The predicted octanol–water partition coefficient (Wildman–Crippen LogP) is 4.08. The van der Waals surface area contributed by atoms with E-state index in [-0.39, 0.29) is 11.6 Å². The normalized spacial score (nSPS) is 24.5.